The van der Waals surface area contributed by atoms with Crippen molar-refractivity contribution in [3.63, 3.8) is 0 Å². The van der Waals surface area contributed by atoms with Crippen molar-refractivity contribution in [1.29, 1.82) is 0 Å². The van der Waals surface area contributed by atoms with Crippen LogP contribution in [-0.2, 0) is 10.0 Å². The fourth-order valence-electron chi connectivity index (χ4n) is 0.718. The number of benzene rings is 1. The van der Waals surface area contributed by atoms with Crippen molar-refractivity contribution in [1.82, 2.24) is 0 Å². The summed E-state index contributed by atoms with van der Waals surface area (Å²) in [5.74, 6) is -0.901. The lowest BCUT2D eigenvalue weighted by Crippen LogP contribution is -2.15. The molecule has 0 radical (unpaired) electrons. The minimum atomic E-state index is -3.57. The van der Waals surface area contributed by atoms with Crippen LogP contribution in [0, 0.1) is 0 Å². The lowest BCUT2D eigenvalue weighted by molar-refractivity contribution is 0.360. The molecule has 0 heterocycles. The van der Waals surface area contributed by atoms with Crippen LogP contribution < -0.4 is 4.72 Å². The standard InChI is InChI=1S/C7H9NO3S/c9-6-12(10,11)8-7-4-2-1-3-5-7/h1-5,8-9H,6H2. The lowest BCUT2D eigenvalue weighted by atomic mass is 10.3. The molecule has 66 valence electrons. The number of aliphatic hydroxyl groups excluding tert-OH is 1. The van der Waals surface area contributed by atoms with Gasteiger partial charge in [0.1, 0.15) is 0 Å². The molecule has 0 bridgehead atoms. The molecule has 0 saturated heterocycles. The van der Waals surface area contributed by atoms with Crippen molar-refractivity contribution in [3.05, 3.63) is 30.3 Å². The highest BCUT2D eigenvalue weighted by Gasteiger charge is 2.06. The molecule has 4 nitrogen and oxygen atoms in total. The molecule has 1 rings (SSSR count). The Hall–Kier alpha value is -1.07. The maximum absolute atomic E-state index is 10.8. The number of hydrogen-bond donors (Lipinski definition) is 2. The fraction of sp³-hybridized carbons (Fsp3) is 0.143. The Morgan fingerprint density at radius 2 is 1.83 bits per heavy atom. The summed E-state index contributed by atoms with van der Waals surface area (Å²) < 4.78 is 23.8. The van der Waals surface area contributed by atoms with Gasteiger partial charge in [-0.1, -0.05) is 18.2 Å². The van der Waals surface area contributed by atoms with Crippen LogP contribution in [0.4, 0.5) is 5.69 Å². The Morgan fingerprint density at radius 3 is 2.33 bits per heavy atom. The van der Waals surface area contributed by atoms with Crippen molar-refractivity contribution in [2.45, 2.75) is 0 Å². The van der Waals surface area contributed by atoms with Gasteiger partial charge in [-0.15, -0.1) is 0 Å². The highest BCUT2D eigenvalue weighted by Crippen LogP contribution is 2.06. The van der Waals surface area contributed by atoms with Crippen molar-refractivity contribution < 1.29 is 13.5 Å². The zero-order chi connectivity index (χ0) is 9.03. The quantitative estimate of drug-likeness (QED) is 0.718. The van der Waals surface area contributed by atoms with Gasteiger partial charge in [-0.25, -0.2) is 8.42 Å². The molecular formula is C7H9NO3S. The van der Waals surface area contributed by atoms with E-state index in [4.69, 9.17) is 5.11 Å². The van der Waals surface area contributed by atoms with Crippen LogP contribution in [0.1, 0.15) is 0 Å². The SMILES string of the molecule is O=S(=O)(CO)Nc1ccccc1. The molecule has 0 atom stereocenters. The molecule has 0 aliphatic carbocycles. The minimum absolute atomic E-state index is 0.451. The van der Waals surface area contributed by atoms with E-state index < -0.39 is 16.0 Å². The number of hydrogen-bond acceptors (Lipinski definition) is 3. The first kappa shape index (κ1) is 9.02. The van der Waals surface area contributed by atoms with Crippen LogP contribution in [0.2, 0.25) is 0 Å². The molecule has 12 heavy (non-hydrogen) atoms. The van der Waals surface area contributed by atoms with Crippen LogP contribution in [0.15, 0.2) is 30.3 Å². The van der Waals surface area contributed by atoms with Gasteiger partial charge < -0.3 is 5.11 Å². The van der Waals surface area contributed by atoms with E-state index in [9.17, 15) is 8.42 Å². The van der Waals surface area contributed by atoms with Crippen LogP contribution >= 0.6 is 0 Å². The Kier molecular flexibility index (Phi) is 2.67. The predicted molar refractivity (Wildman–Crippen MR) is 46.1 cm³/mol. The van der Waals surface area contributed by atoms with E-state index in [1.165, 1.54) is 0 Å². The molecule has 2 N–H and O–H groups in total. The maximum atomic E-state index is 10.8. The van der Waals surface area contributed by atoms with Crippen LogP contribution in [-0.4, -0.2) is 19.5 Å². The van der Waals surface area contributed by atoms with E-state index in [0.717, 1.165) is 0 Å². The molecule has 0 spiro atoms. The molecule has 0 amide bonds. The Labute approximate surface area is 70.9 Å². The van der Waals surface area contributed by atoms with Crippen LogP contribution in [0.5, 0.6) is 0 Å². The molecule has 1 aromatic rings. The van der Waals surface area contributed by atoms with Gasteiger partial charge in [0.2, 0.25) is 0 Å². The van der Waals surface area contributed by atoms with E-state index in [2.05, 4.69) is 4.72 Å². The molecule has 0 fully saturated rings. The summed E-state index contributed by atoms with van der Waals surface area (Å²) in [6, 6.07) is 8.39. The molecule has 5 heteroatoms. The molecule has 0 aliphatic rings. The highest BCUT2D eigenvalue weighted by atomic mass is 32.2. The summed E-state index contributed by atoms with van der Waals surface area (Å²) in [7, 11) is -3.57. The first-order chi connectivity index (χ1) is 5.64. The maximum Gasteiger partial charge on any atom is 0.256 e. The number of aliphatic hydroxyl groups is 1. The number of anilines is 1. The number of rotatable bonds is 3. The average molecular weight is 187 g/mol. The van der Waals surface area contributed by atoms with Crippen LogP contribution in [0.3, 0.4) is 0 Å². The zero-order valence-corrected chi connectivity index (χ0v) is 7.08. The summed E-state index contributed by atoms with van der Waals surface area (Å²) in [6.07, 6.45) is 0. The van der Waals surface area contributed by atoms with Crippen molar-refractivity contribution >= 4 is 15.7 Å². The summed E-state index contributed by atoms with van der Waals surface area (Å²) in [5.41, 5.74) is 0.451. The highest BCUT2D eigenvalue weighted by molar-refractivity contribution is 7.92. The molecule has 0 unspecified atom stereocenters. The van der Waals surface area contributed by atoms with Gasteiger partial charge in [-0.2, -0.15) is 0 Å². The van der Waals surface area contributed by atoms with E-state index in [1.807, 2.05) is 0 Å². The van der Waals surface area contributed by atoms with Gasteiger partial charge in [0.15, 0.2) is 5.94 Å². The lowest BCUT2D eigenvalue weighted by Gasteiger charge is -2.03. The van der Waals surface area contributed by atoms with Gasteiger partial charge in [0.25, 0.3) is 10.0 Å². The zero-order valence-electron chi connectivity index (χ0n) is 6.27. The largest absolute Gasteiger partial charge is 0.378 e. The van der Waals surface area contributed by atoms with Gasteiger partial charge in [-0.3, -0.25) is 4.72 Å². The third-order valence-corrected chi connectivity index (χ3v) is 2.10. The molecule has 0 aliphatic heterocycles. The third kappa shape index (κ3) is 2.52. The first-order valence-corrected chi connectivity index (χ1v) is 4.96. The molecular weight excluding hydrogens is 178 g/mol. The smallest absolute Gasteiger partial charge is 0.256 e. The van der Waals surface area contributed by atoms with E-state index >= 15 is 0 Å². The van der Waals surface area contributed by atoms with Crippen molar-refractivity contribution in [3.8, 4) is 0 Å². The number of sulfonamides is 1. The fourth-order valence-corrected chi connectivity index (χ4v) is 1.28. The van der Waals surface area contributed by atoms with Gasteiger partial charge in [0, 0.05) is 5.69 Å². The van der Waals surface area contributed by atoms with E-state index in [1.54, 1.807) is 30.3 Å². The summed E-state index contributed by atoms with van der Waals surface area (Å²) in [5, 5.41) is 8.40. The Morgan fingerprint density at radius 1 is 1.25 bits per heavy atom. The summed E-state index contributed by atoms with van der Waals surface area (Å²) in [4.78, 5) is 0. The number of para-hydroxylation sites is 1. The van der Waals surface area contributed by atoms with Gasteiger partial charge in [0.05, 0.1) is 0 Å². The Bertz CT molecular complexity index is 333. The van der Waals surface area contributed by atoms with Crippen LogP contribution in [0.25, 0.3) is 0 Å². The van der Waals surface area contributed by atoms with Gasteiger partial charge in [-0.05, 0) is 12.1 Å². The molecule has 0 aromatic heterocycles. The second-order valence-electron chi connectivity index (χ2n) is 2.21. The molecule has 0 saturated carbocycles. The van der Waals surface area contributed by atoms with E-state index in [0.29, 0.717) is 5.69 Å². The molecule has 1 aromatic carbocycles. The van der Waals surface area contributed by atoms with Crippen molar-refractivity contribution in [2.24, 2.45) is 0 Å². The summed E-state index contributed by atoms with van der Waals surface area (Å²) in [6.45, 7) is 0. The second kappa shape index (κ2) is 3.55. The third-order valence-electron chi connectivity index (χ3n) is 1.22. The normalized spacial score (nSPS) is 11.1. The second-order valence-corrected chi connectivity index (χ2v) is 3.90. The summed E-state index contributed by atoms with van der Waals surface area (Å²) >= 11 is 0. The monoisotopic (exact) mass is 187 g/mol. The van der Waals surface area contributed by atoms with E-state index in [-0.39, 0.29) is 0 Å². The predicted octanol–water partition coefficient (Wildman–Crippen LogP) is 0.378. The topological polar surface area (TPSA) is 66.4 Å². The Balaban J connectivity index is 2.78. The average Bonchev–Trinajstić information content (AvgIpc) is 2.06. The van der Waals surface area contributed by atoms with Gasteiger partial charge >= 0.3 is 0 Å². The minimum Gasteiger partial charge on any atom is -0.378 e. The number of nitrogens with one attached hydrogen (secondary N) is 1. The van der Waals surface area contributed by atoms with Crippen molar-refractivity contribution in [2.75, 3.05) is 10.7 Å². The first-order valence-electron chi connectivity index (χ1n) is 3.30.